The Morgan fingerprint density at radius 3 is 2.64 bits per heavy atom. The van der Waals surface area contributed by atoms with E-state index in [4.69, 9.17) is 5.11 Å². The van der Waals surface area contributed by atoms with Gasteiger partial charge >= 0.3 is 0 Å². The lowest BCUT2D eigenvalue weighted by molar-refractivity contribution is 0.271. The topological polar surface area (TPSA) is 58.9 Å². The van der Waals surface area contributed by atoms with Gasteiger partial charge in [-0.15, -0.1) is 0 Å². The Hall–Kier alpha value is -1.81. The lowest BCUT2D eigenvalue weighted by Gasteiger charge is -2.00. The molecule has 0 amide bonds. The molecule has 14 heavy (non-hydrogen) atoms. The Balaban J connectivity index is 2.42. The van der Waals surface area contributed by atoms with Gasteiger partial charge in [0.2, 0.25) is 0 Å². The van der Waals surface area contributed by atoms with Gasteiger partial charge in [0.25, 0.3) is 0 Å². The standard InChI is InChI=1S/C10H9N3O/c14-7-10-12-6-4-9(13-10)8-3-1-2-5-11-8/h1-6,14H,7H2. The van der Waals surface area contributed by atoms with Crippen LogP contribution in [0.25, 0.3) is 11.4 Å². The minimum absolute atomic E-state index is 0.152. The van der Waals surface area contributed by atoms with Crippen LogP contribution in [0.2, 0.25) is 0 Å². The molecule has 70 valence electrons. The van der Waals surface area contributed by atoms with E-state index in [2.05, 4.69) is 15.0 Å². The number of pyridine rings is 1. The average Bonchev–Trinajstić information content (AvgIpc) is 2.30. The largest absolute Gasteiger partial charge is 0.388 e. The molecule has 0 aromatic carbocycles. The van der Waals surface area contributed by atoms with Crippen LogP contribution in [0.15, 0.2) is 36.7 Å². The quantitative estimate of drug-likeness (QED) is 0.762. The van der Waals surface area contributed by atoms with Gasteiger partial charge in [-0.25, -0.2) is 9.97 Å². The molecule has 0 spiro atoms. The van der Waals surface area contributed by atoms with E-state index in [0.29, 0.717) is 5.82 Å². The Morgan fingerprint density at radius 2 is 1.93 bits per heavy atom. The fourth-order valence-corrected chi connectivity index (χ4v) is 1.13. The van der Waals surface area contributed by atoms with Crippen molar-refractivity contribution in [1.82, 2.24) is 15.0 Å². The molecule has 0 saturated heterocycles. The molecule has 4 nitrogen and oxygen atoms in total. The third-order valence-corrected chi connectivity index (χ3v) is 1.77. The third-order valence-electron chi connectivity index (χ3n) is 1.77. The van der Waals surface area contributed by atoms with Crippen molar-refractivity contribution >= 4 is 0 Å². The summed E-state index contributed by atoms with van der Waals surface area (Å²) in [5.74, 6) is 0.410. The van der Waals surface area contributed by atoms with E-state index >= 15 is 0 Å². The smallest absolute Gasteiger partial charge is 0.154 e. The van der Waals surface area contributed by atoms with Gasteiger partial charge in [0.05, 0.1) is 11.4 Å². The summed E-state index contributed by atoms with van der Waals surface area (Å²) < 4.78 is 0. The predicted octanol–water partition coefficient (Wildman–Crippen LogP) is 1.03. The minimum atomic E-state index is -0.152. The van der Waals surface area contributed by atoms with Crippen molar-refractivity contribution < 1.29 is 5.11 Å². The monoisotopic (exact) mass is 187 g/mol. The first kappa shape index (κ1) is 8.77. The van der Waals surface area contributed by atoms with E-state index in [9.17, 15) is 0 Å². The van der Waals surface area contributed by atoms with Gasteiger partial charge in [0, 0.05) is 12.4 Å². The molecule has 4 heteroatoms. The fraction of sp³-hybridized carbons (Fsp3) is 0.100. The molecular weight excluding hydrogens is 178 g/mol. The summed E-state index contributed by atoms with van der Waals surface area (Å²) in [7, 11) is 0. The summed E-state index contributed by atoms with van der Waals surface area (Å²) in [6.07, 6.45) is 3.32. The number of hydrogen-bond acceptors (Lipinski definition) is 4. The van der Waals surface area contributed by atoms with Crippen molar-refractivity contribution in [3.63, 3.8) is 0 Å². The summed E-state index contributed by atoms with van der Waals surface area (Å²) in [5, 5.41) is 8.86. The maximum Gasteiger partial charge on any atom is 0.154 e. The van der Waals surface area contributed by atoms with Gasteiger partial charge in [-0.1, -0.05) is 6.07 Å². The SMILES string of the molecule is OCc1nccc(-c2ccccn2)n1. The van der Waals surface area contributed by atoms with Crippen molar-refractivity contribution in [2.24, 2.45) is 0 Å². The number of rotatable bonds is 2. The van der Waals surface area contributed by atoms with Crippen molar-refractivity contribution in [3.8, 4) is 11.4 Å². The van der Waals surface area contributed by atoms with Gasteiger partial charge in [-0.05, 0) is 18.2 Å². The van der Waals surface area contributed by atoms with Gasteiger partial charge in [0.1, 0.15) is 6.61 Å². The van der Waals surface area contributed by atoms with Crippen LogP contribution in [0.4, 0.5) is 0 Å². The molecule has 0 radical (unpaired) electrons. The second-order valence-electron chi connectivity index (χ2n) is 2.73. The van der Waals surface area contributed by atoms with Crippen LogP contribution >= 0.6 is 0 Å². The average molecular weight is 187 g/mol. The maximum atomic E-state index is 8.86. The van der Waals surface area contributed by atoms with Crippen molar-refractivity contribution in [3.05, 3.63) is 42.5 Å². The number of nitrogens with zero attached hydrogens (tertiary/aromatic N) is 3. The Bertz CT molecular complexity index is 417. The fourth-order valence-electron chi connectivity index (χ4n) is 1.13. The molecule has 0 unspecified atom stereocenters. The number of aliphatic hydroxyl groups excluding tert-OH is 1. The summed E-state index contributed by atoms with van der Waals surface area (Å²) in [5.41, 5.74) is 1.51. The zero-order valence-electron chi connectivity index (χ0n) is 7.46. The molecule has 2 rings (SSSR count). The van der Waals surface area contributed by atoms with Crippen LogP contribution in [0, 0.1) is 0 Å². The van der Waals surface area contributed by atoms with Crippen molar-refractivity contribution in [2.45, 2.75) is 6.61 Å². The zero-order valence-corrected chi connectivity index (χ0v) is 7.46. The second-order valence-corrected chi connectivity index (χ2v) is 2.73. The van der Waals surface area contributed by atoms with E-state index in [1.54, 1.807) is 18.5 Å². The molecule has 1 N–H and O–H groups in total. The Kier molecular flexibility index (Phi) is 2.46. The first-order valence-electron chi connectivity index (χ1n) is 4.24. The van der Waals surface area contributed by atoms with E-state index in [-0.39, 0.29) is 6.61 Å². The van der Waals surface area contributed by atoms with Crippen molar-refractivity contribution in [1.29, 1.82) is 0 Å². The molecule has 2 aromatic rings. The highest BCUT2D eigenvalue weighted by molar-refractivity contribution is 5.52. The molecule has 0 atom stereocenters. The van der Waals surface area contributed by atoms with Crippen LogP contribution in [-0.4, -0.2) is 20.1 Å². The summed E-state index contributed by atoms with van der Waals surface area (Å²) >= 11 is 0. The highest BCUT2D eigenvalue weighted by Crippen LogP contribution is 2.11. The molecule has 0 bridgehead atoms. The Labute approximate surface area is 81.3 Å². The second kappa shape index (κ2) is 3.93. The van der Waals surface area contributed by atoms with Crippen LogP contribution in [-0.2, 0) is 6.61 Å². The van der Waals surface area contributed by atoms with E-state index in [1.807, 2.05) is 18.2 Å². The van der Waals surface area contributed by atoms with Gasteiger partial charge < -0.3 is 5.11 Å². The molecule has 2 aromatic heterocycles. The molecule has 2 heterocycles. The van der Waals surface area contributed by atoms with Gasteiger partial charge in [-0.3, -0.25) is 4.98 Å². The molecule has 0 aliphatic carbocycles. The maximum absolute atomic E-state index is 8.86. The summed E-state index contributed by atoms with van der Waals surface area (Å²) in [6.45, 7) is -0.152. The number of hydrogen-bond donors (Lipinski definition) is 1. The number of aromatic nitrogens is 3. The molecule has 0 saturated carbocycles. The molecule has 0 aliphatic rings. The first-order valence-corrected chi connectivity index (χ1v) is 4.24. The highest BCUT2D eigenvalue weighted by Gasteiger charge is 2.00. The molecule has 0 fully saturated rings. The van der Waals surface area contributed by atoms with E-state index < -0.39 is 0 Å². The highest BCUT2D eigenvalue weighted by atomic mass is 16.3. The van der Waals surface area contributed by atoms with Crippen LogP contribution in [0.3, 0.4) is 0 Å². The summed E-state index contributed by atoms with van der Waals surface area (Å²) in [4.78, 5) is 12.2. The normalized spacial score (nSPS) is 10.1. The molecule has 0 aliphatic heterocycles. The van der Waals surface area contributed by atoms with Crippen LogP contribution in [0.5, 0.6) is 0 Å². The Morgan fingerprint density at radius 1 is 1.00 bits per heavy atom. The van der Waals surface area contributed by atoms with E-state index in [1.165, 1.54) is 0 Å². The van der Waals surface area contributed by atoms with Crippen LogP contribution < -0.4 is 0 Å². The van der Waals surface area contributed by atoms with Crippen LogP contribution in [0.1, 0.15) is 5.82 Å². The molecular formula is C10H9N3O. The number of aliphatic hydroxyl groups is 1. The lowest BCUT2D eigenvalue weighted by Crippen LogP contribution is -1.96. The van der Waals surface area contributed by atoms with Gasteiger partial charge in [-0.2, -0.15) is 0 Å². The van der Waals surface area contributed by atoms with Crippen molar-refractivity contribution in [2.75, 3.05) is 0 Å². The first-order chi connectivity index (χ1) is 6.90. The van der Waals surface area contributed by atoms with E-state index in [0.717, 1.165) is 11.4 Å². The lowest BCUT2D eigenvalue weighted by atomic mass is 10.2. The van der Waals surface area contributed by atoms with Gasteiger partial charge in [0.15, 0.2) is 5.82 Å². The predicted molar refractivity (Wildman–Crippen MR) is 51.2 cm³/mol. The third kappa shape index (κ3) is 1.75. The minimum Gasteiger partial charge on any atom is -0.388 e. The zero-order chi connectivity index (χ0) is 9.80. The summed E-state index contributed by atoms with van der Waals surface area (Å²) in [6, 6.07) is 7.37.